The Kier molecular flexibility index (Phi) is 3.32. The first kappa shape index (κ1) is 15.2. The quantitative estimate of drug-likeness (QED) is 0.493. The summed E-state index contributed by atoms with van der Waals surface area (Å²) in [4.78, 5) is 0. The molecule has 0 heteroatoms. The second-order valence-electron chi connectivity index (χ2n) is 8.37. The molecule has 0 bridgehead atoms. The molecule has 0 radical (unpaired) electrons. The number of rotatable bonds is 0. The number of aryl methyl sites for hydroxylation is 1. The largest absolute Gasteiger partial charge is 0.0833 e. The predicted molar refractivity (Wildman–Crippen MR) is 107 cm³/mol. The van der Waals surface area contributed by atoms with Crippen LogP contribution in [0.1, 0.15) is 89.3 Å². The first-order valence-corrected chi connectivity index (χ1v) is 9.75. The molecular weight excluding hydrogens is 300 g/mol. The zero-order valence-corrected chi connectivity index (χ0v) is 15.4. The molecule has 0 nitrogen and oxygen atoms in total. The fraction of sp³-hybridized carbons (Fsp3) is 0.360. The average molecular weight is 326 g/mol. The lowest BCUT2D eigenvalue weighted by atomic mass is 9.64. The van der Waals surface area contributed by atoms with Gasteiger partial charge >= 0.3 is 0 Å². The second kappa shape index (κ2) is 5.46. The van der Waals surface area contributed by atoms with Gasteiger partial charge in [0.1, 0.15) is 0 Å². The summed E-state index contributed by atoms with van der Waals surface area (Å²) in [6.45, 7) is 7.01. The van der Waals surface area contributed by atoms with Crippen molar-refractivity contribution in [3.8, 4) is 0 Å². The topological polar surface area (TPSA) is 0 Å². The van der Waals surface area contributed by atoms with Crippen molar-refractivity contribution in [1.82, 2.24) is 0 Å². The van der Waals surface area contributed by atoms with E-state index in [1.54, 1.807) is 22.3 Å². The monoisotopic (exact) mass is 326 g/mol. The molecule has 25 heavy (non-hydrogen) atoms. The van der Waals surface area contributed by atoms with E-state index in [4.69, 9.17) is 0 Å². The summed E-state index contributed by atoms with van der Waals surface area (Å²) < 4.78 is 0. The molecule has 0 amide bonds. The average Bonchev–Trinajstić information content (AvgIpc) is 2.61. The van der Waals surface area contributed by atoms with E-state index >= 15 is 0 Å². The van der Waals surface area contributed by atoms with Gasteiger partial charge in [-0.2, -0.15) is 0 Å². The maximum Gasteiger partial charge on any atom is 0.00934 e. The van der Waals surface area contributed by atoms with Crippen LogP contribution in [0.5, 0.6) is 0 Å². The van der Waals surface area contributed by atoms with Gasteiger partial charge in [0.25, 0.3) is 0 Å². The molecule has 2 aromatic rings. The van der Waals surface area contributed by atoms with E-state index in [0.717, 1.165) is 0 Å². The zero-order valence-electron chi connectivity index (χ0n) is 15.4. The van der Waals surface area contributed by atoms with Crippen molar-refractivity contribution >= 4 is 12.2 Å². The highest BCUT2D eigenvalue weighted by Crippen LogP contribution is 2.52. The lowest BCUT2D eigenvalue weighted by molar-refractivity contribution is 0.476. The Bertz CT molecular complexity index is 912. The van der Waals surface area contributed by atoms with Crippen LogP contribution in [0.4, 0.5) is 0 Å². The Morgan fingerprint density at radius 2 is 1.72 bits per heavy atom. The lowest BCUT2D eigenvalue weighted by Crippen LogP contribution is -2.24. The molecule has 0 saturated carbocycles. The van der Waals surface area contributed by atoms with Crippen LogP contribution in [0.3, 0.4) is 0 Å². The highest BCUT2D eigenvalue weighted by molar-refractivity contribution is 5.72. The van der Waals surface area contributed by atoms with Gasteiger partial charge in [0.15, 0.2) is 0 Å². The van der Waals surface area contributed by atoms with E-state index in [0.29, 0.717) is 23.7 Å². The van der Waals surface area contributed by atoms with Gasteiger partial charge in [-0.15, -0.1) is 0 Å². The maximum atomic E-state index is 2.50. The zero-order chi connectivity index (χ0) is 17.1. The third-order valence-electron chi connectivity index (χ3n) is 6.68. The van der Waals surface area contributed by atoms with Crippen LogP contribution in [0.2, 0.25) is 0 Å². The molecule has 0 heterocycles. The number of hydrogen-bond donors (Lipinski definition) is 0. The van der Waals surface area contributed by atoms with Gasteiger partial charge in [0, 0.05) is 5.92 Å². The van der Waals surface area contributed by atoms with Gasteiger partial charge in [0.05, 0.1) is 0 Å². The molecule has 0 aliphatic heterocycles. The third-order valence-corrected chi connectivity index (χ3v) is 6.68. The molecule has 0 spiro atoms. The molecule has 0 aromatic heterocycles. The Balaban J connectivity index is 1.69. The van der Waals surface area contributed by atoms with Gasteiger partial charge < -0.3 is 0 Å². The Hall–Kier alpha value is -2.08. The van der Waals surface area contributed by atoms with Crippen molar-refractivity contribution < 1.29 is 0 Å². The van der Waals surface area contributed by atoms with Crippen molar-refractivity contribution in [2.75, 3.05) is 0 Å². The summed E-state index contributed by atoms with van der Waals surface area (Å²) in [5.74, 6) is 2.45. The van der Waals surface area contributed by atoms with E-state index < -0.39 is 0 Å². The van der Waals surface area contributed by atoms with E-state index in [9.17, 15) is 0 Å². The second-order valence-corrected chi connectivity index (χ2v) is 8.37. The number of fused-ring (bicyclic) bond motifs is 7. The van der Waals surface area contributed by atoms with E-state index in [1.165, 1.54) is 29.5 Å². The fourth-order valence-corrected chi connectivity index (χ4v) is 5.45. The highest BCUT2D eigenvalue weighted by Gasteiger charge is 2.36. The Labute approximate surface area is 151 Å². The molecular formula is C25H26. The van der Waals surface area contributed by atoms with Crippen LogP contribution in [0.25, 0.3) is 12.2 Å². The van der Waals surface area contributed by atoms with Gasteiger partial charge in [-0.3, -0.25) is 0 Å². The minimum atomic E-state index is 0.547. The molecule has 3 aliphatic carbocycles. The normalized spacial score (nSPS) is 28.8. The molecule has 126 valence electrons. The lowest BCUT2D eigenvalue weighted by Gasteiger charge is -2.40. The van der Waals surface area contributed by atoms with Crippen molar-refractivity contribution in [1.29, 1.82) is 0 Å². The smallest absolute Gasteiger partial charge is 0.00934 e. The van der Waals surface area contributed by atoms with Crippen LogP contribution in [0, 0.1) is 6.92 Å². The van der Waals surface area contributed by atoms with Gasteiger partial charge in [-0.05, 0) is 70.9 Å². The highest BCUT2D eigenvalue weighted by atomic mass is 14.4. The SMILES string of the molecule is Cc1ccc2c(c1)C1C=Cc3c(ccc4c3C(C)CC=C4)C1CC2C. The van der Waals surface area contributed by atoms with Gasteiger partial charge in [-0.25, -0.2) is 0 Å². The summed E-state index contributed by atoms with van der Waals surface area (Å²) >= 11 is 0. The van der Waals surface area contributed by atoms with Gasteiger partial charge in [0.2, 0.25) is 0 Å². The van der Waals surface area contributed by atoms with Crippen molar-refractivity contribution in [2.24, 2.45) is 0 Å². The number of allylic oxidation sites excluding steroid dienone is 2. The predicted octanol–water partition coefficient (Wildman–Crippen LogP) is 6.92. The van der Waals surface area contributed by atoms with Crippen molar-refractivity contribution in [3.05, 3.63) is 81.4 Å². The standard InChI is InChI=1S/C25H26/c1-15-7-9-19-17(3)14-24-20-10-8-18-6-4-5-16(2)25(18)22(20)12-11-21(24)23(19)13-15/h4,6-13,16-17,21,24H,5,14H2,1-3H3. The molecule has 2 aromatic carbocycles. The summed E-state index contributed by atoms with van der Waals surface area (Å²) in [6.07, 6.45) is 12.0. The minimum absolute atomic E-state index is 0.547. The van der Waals surface area contributed by atoms with E-state index in [1.807, 2.05) is 0 Å². The molecule has 3 aliphatic rings. The van der Waals surface area contributed by atoms with Crippen LogP contribution < -0.4 is 0 Å². The molecule has 4 atom stereocenters. The van der Waals surface area contributed by atoms with Crippen molar-refractivity contribution in [2.45, 2.75) is 57.3 Å². The maximum absolute atomic E-state index is 2.50. The first-order valence-electron chi connectivity index (χ1n) is 9.75. The third kappa shape index (κ3) is 2.20. The molecule has 4 unspecified atom stereocenters. The van der Waals surface area contributed by atoms with Crippen LogP contribution in [-0.4, -0.2) is 0 Å². The van der Waals surface area contributed by atoms with Crippen molar-refractivity contribution in [3.63, 3.8) is 0 Å². The Morgan fingerprint density at radius 1 is 0.880 bits per heavy atom. The first-order chi connectivity index (χ1) is 12.1. The van der Waals surface area contributed by atoms with Crippen LogP contribution >= 0.6 is 0 Å². The molecule has 0 saturated heterocycles. The minimum Gasteiger partial charge on any atom is -0.0833 e. The van der Waals surface area contributed by atoms with E-state index in [-0.39, 0.29) is 0 Å². The molecule has 0 fully saturated rings. The van der Waals surface area contributed by atoms with Gasteiger partial charge in [-0.1, -0.05) is 74.0 Å². The summed E-state index contributed by atoms with van der Waals surface area (Å²) in [5.41, 5.74) is 10.6. The van der Waals surface area contributed by atoms with Crippen LogP contribution in [-0.2, 0) is 0 Å². The fourth-order valence-electron chi connectivity index (χ4n) is 5.45. The summed E-state index contributed by atoms with van der Waals surface area (Å²) in [7, 11) is 0. The summed E-state index contributed by atoms with van der Waals surface area (Å²) in [6, 6.07) is 11.9. The molecule has 5 rings (SSSR count). The van der Waals surface area contributed by atoms with E-state index in [2.05, 4.69) is 75.4 Å². The van der Waals surface area contributed by atoms with Crippen LogP contribution in [0.15, 0.2) is 42.5 Å². The molecule has 0 N–H and O–H groups in total. The summed E-state index contributed by atoms with van der Waals surface area (Å²) in [5, 5.41) is 0. The number of benzene rings is 2. The Morgan fingerprint density at radius 3 is 2.60 bits per heavy atom. The number of hydrogen-bond acceptors (Lipinski definition) is 0.